The molecule has 1 atom stereocenters. The average Bonchev–Trinajstić information content (AvgIpc) is 3.35. The van der Waals surface area contributed by atoms with Crippen LogP contribution in [0.1, 0.15) is 37.8 Å². The van der Waals surface area contributed by atoms with Gasteiger partial charge in [-0.3, -0.25) is 14.3 Å². The minimum Gasteiger partial charge on any atom is -0.360 e. The number of hydrogen-bond acceptors (Lipinski definition) is 7. The van der Waals surface area contributed by atoms with Crippen LogP contribution in [0.4, 0.5) is 5.82 Å². The molecule has 0 spiro atoms. The Morgan fingerprint density at radius 1 is 1.23 bits per heavy atom. The molecule has 0 unspecified atom stereocenters. The van der Waals surface area contributed by atoms with E-state index >= 15 is 0 Å². The van der Waals surface area contributed by atoms with Crippen molar-refractivity contribution in [2.45, 2.75) is 50.1 Å². The topological polar surface area (TPSA) is 89.1 Å². The maximum atomic E-state index is 12.6. The van der Waals surface area contributed by atoms with E-state index in [0.29, 0.717) is 21.8 Å². The molecule has 1 saturated heterocycles. The van der Waals surface area contributed by atoms with Gasteiger partial charge in [0, 0.05) is 16.8 Å². The van der Waals surface area contributed by atoms with E-state index in [-0.39, 0.29) is 5.91 Å². The Bertz CT molecular complexity index is 1030. The van der Waals surface area contributed by atoms with E-state index in [1.54, 1.807) is 13.0 Å². The van der Waals surface area contributed by atoms with E-state index in [1.165, 1.54) is 31.0 Å². The van der Waals surface area contributed by atoms with Gasteiger partial charge in [-0.15, -0.1) is 10.2 Å². The molecule has 4 rings (SSSR count). The van der Waals surface area contributed by atoms with Crippen molar-refractivity contribution < 1.29 is 9.32 Å². The molecular weight excluding hydrogens is 436 g/mol. The number of halogens is 1. The number of rotatable bonds is 7. The molecular formula is C21H25ClN6O2S. The summed E-state index contributed by atoms with van der Waals surface area (Å²) in [6, 6.07) is 9.26. The van der Waals surface area contributed by atoms with E-state index in [0.717, 1.165) is 31.1 Å². The number of carbonyl (C=O) groups excluding carboxylic acids is 1. The molecule has 2 aromatic heterocycles. The lowest BCUT2D eigenvalue weighted by molar-refractivity contribution is -0.115. The van der Waals surface area contributed by atoms with Gasteiger partial charge in [-0.05, 0) is 64.0 Å². The van der Waals surface area contributed by atoms with Crippen LogP contribution in [0.2, 0.25) is 5.02 Å². The molecule has 3 heterocycles. The third kappa shape index (κ3) is 5.47. The van der Waals surface area contributed by atoms with Crippen molar-refractivity contribution in [2.24, 2.45) is 0 Å². The molecule has 1 aliphatic rings. The summed E-state index contributed by atoms with van der Waals surface area (Å²) in [6.07, 6.45) is 3.68. The van der Waals surface area contributed by atoms with Crippen molar-refractivity contribution in [2.75, 3.05) is 18.4 Å². The highest BCUT2D eigenvalue weighted by atomic mass is 35.5. The van der Waals surface area contributed by atoms with E-state index in [1.807, 2.05) is 35.8 Å². The summed E-state index contributed by atoms with van der Waals surface area (Å²) < 4.78 is 7.03. The van der Waals surface area contributed by atoms with Gasteiger partial charge in [-0.2, -0.15) is 0 Å². The van der Waals surface area contributed by atoms with E-state index in [2.05, 4.69) is 25.6 Å². The number of benzene rings is 1. The summed E-state index contributed by atoms with van der Waals surface area (Å²) in [4.78, 5) is 15.0. The number of aromatic nitrogens is 4. The van der Waals surface area contributed by atoms with Gasteiger partial charge < -0.3 is 9.84 Å². The number of likely N-dealkylation sites (tertiary alicyclic amines) is 1. The van der Waals surface area contributed by atoms with Crippen molar-refractivity contribution >= 4 is 35.1 Å². The maximum absolute atomic E-state index is 12.6. The van der Waals surface area contributed by atoms with Crippen LogP contribution in [0.25, 0.3) is 5.69 Å². The molecule has 31 heavy (non-hydrogen) atoms. The Kier molecular flexibility index (Phi) is 6.94. The zero-order valence-electron chi connectivity index (χ0n) is 17.5. The minimum atomic E-state index is -0.407. The third-order valence-corrected chi connectivity index (χ3v) is 6.42. The molecule has 0 aliphatic carbocycles. The van der Waals surface area contributed by atoms with Gasteiger partial charge in [-0.1, -0.05) is 34.9 Å². The summed E-state index contributed by atoms with van der Waals surface area (Å²) >= 11 is 7.45. The van der Waals surface area contributed by atoms with E-state index < -0.39 is 5.25 Å². The first-order chi connectivity index (χ1) is 15.0. The molecule has 0 saturated carbocycles. The summed E-state index contributed by atoms with van der Waals surface area (Å²) in [7, 11) is 0. The molecule has 0 bridgehead atoms. The molecule has 1 fully saturated rings. The van der Waals surface area contributed by atoms with Crippen LogP contribution in [0, 0.1) is 6.92 Å². The van der Waals surface area contributed by atoms with Crippen molar-refractivity contribution in [3.05, 3.63) is 46.9 Å². The van der Waals surface area contributed by atoms with Crippen LogP contribution >= 0.6 is 23.4 Å². The molecule has 1 N–H and O–H groups in total. The van der Waals surface area contributed by atoms with Crippen molar-refractivity contribution in [1.82, 2.24) is 24.8 Å². The number of nitrogens with zero attached hydrogens (tertiary/aromatic N) is 5. The van der Waals surface area contributed by atoms with Gasteiger partial charge in [0.15, 0.2) is 16.8 Å². The van der Waals surface area contributed by atoms with Gasteiger partial charge in [0.05, 0.1) is 11.8 Å². The number of aryl methyl sites for hydroxylation is 1. The van der Waals surface area contributed by atoms with Gasteiger partial charge in [0.1, 0.15) is 5.76 Å². The maximum Gasteiger partial charge on any atom is 0.238 e. The normalized spacial score (nSPS) is 15.7. The molecule has 10 heteroatoms. The first kappa shape index (κ1) is 21.9. The predicted octanol–water partition coefficient (Wildman–Crippen LogP) is 4.32. The number of piperidine rings is 1. The first-order valence-corrected chi connectivity index (χ1v) is 11.6. The third-order valence-electron chi connectivity index (χ3n) is 5.13. The Morgan fingerprint density at radius 2 is 1.97 bits per heavy atom. The number of nitrogens with one attached hydrogen (secondary N) is 1. The fourth-order valence-corrected chi connectivity index (χ4v) is 4.52. The van der Waals surface area contributed by atoms with Gasteiger partial charge in [-0.25, -0.2) is 0 Å². The van der Waals surface area contributed by atoms with Gasteiger partial charge in [0.25, 0.3) is 0 Å². The first-order valence-electron chi connectivity index (χ1n) is 10.3. The molecule has 3 aromatic rings. The van der Waals surface area contributed by atoms with Gasteiger partial charge >= 0.3 is 0 Å². The lowest BCUT2D eigenvalue weighted by Gasteiger charge is -2.26. The lowest BCUT2D eigenvalue weighted by Crippen LogP contribution is -2.30. The molecule has 164 valence electrons. The van der Waals surface area contributed by atoms with Crippen LogP contribution < -0.4 is 5.32 Å². The summed E-state index contributed by atoms with van der Waals surface area (Å²) in [5.41, 5.74) is 0.920. The van der Waals surface area contributed by atoms with Crippen molar-refractivity contribution in [3.8, 4) is 5.69 Å². The lowest BCUT2D eigenvalue weighted by atomic mass is 10.1. The average molecular weight is 461 g/mol. The summed E-state index contributed by atoms with van der Waals surface area (Å²) in [5.74, 6) is 1.72. The Labute approximate surface area is 190 Å². The molecule has 0 radical (unpaired) electrons. The molecule has 8 nitrogen and oxygen atoms in total. The van der Waals surface area contributed by atoms with Crippen molar-refractivity contribution in [1.29, 1.82) is 0 Å². The van der Waals surface area contributed by atoms with Crippen LogP contribution in [-0.4, -0.2) is 49.1 Å². The fraction of sp³-hybridized carbons (Fsp3) is 0.429. The van der Waals surface area contributed by atoms with Crippen LogP contribution in [0.15, 0.2) is 40.0 Å². The SMILES string of the molecule is Cc1cc(NC(=O)[C@H](C)Sc2nnc(CN3CCCCC3)n2-c2ccc(Cl)cc2)no1. The van der Waals surface area contributed by atoms with Crippen LogP contribution in [-0.2, 0) is 11.3 Å². The summed E-state index contributed by atoms with van der Waals surface area (Å²) in [5, 5.41) is 16.4. The zero-order chi connectivity index (χ0) is 21.8. The zero-order valence-corrected chi connectivity index (χ0v) is 19.1. The number of carbonyl (C=O) groups is 1. The smallest absolute Gasteiger partial charge is 0.238 e. The fourth-order valence-electron chi connectivity index (χ4n) is 3.51. The second-order valence-electron chi connectivity index (χ2n) is 7.62. The Balaban J connectivity index is 1.55. The Morgan fingerprint density at radius 3 is 2.65 bits per heavy atom. The highest BCUT2D eigenvalue weighted by Gasteiger charge is 2.23. The highest BCUT2D eigenvalue weighted by molar-refractivity contribution is 8.00. The highest BCUT2D eigenvalue weighted by Crippen LogP contribution is 2.28. The van der Waals surface area contributed by atoms with Gasteiger partial charge in [0.2, 0.25) is 5.91 Å². The quantitative estimate of drug-likeness (QED) is 0.525. The summed E-state index contributed by atoms with van der Waals surface area (Å²) in [6.45, 7) is 6.45. The standard InChI is InChI=1S/C21H25ClN6O2S/c1-14-12-18(26-30-14)23-20(29)15(2)31-21-25-24-19(13-27-10-4-3-5-11-27)28(21)17-8-6-16(22)7-9-17/h6-9,12,15H,3-5,10-11,13H2,1-2H3,(H,23,26,29)/t15-/m0/s1. The van der Waals surface area contributed by atoms with Crippen LogP contribution in [0.5, 0.6) is 0 Å². The number of amides is 1. The minimum absolute atomic E-state index is 0.179. The molecule has 1 amide bonds. The largest absolute Gasteiger partial charge is 0.360 e. The number of anilines is 1. The van der Waals surface area contributed by atoms with E-state index in [4.69, 9.17) is 16.1 Å². The number of thioether (sulfide) groups is 1. The second kappa shape index (κ2) is 9.84. The monoisotopic (exact) mass is 460 g/mol. The van der Waals surface area contributed by atoms with Crippen LogP contribution in [0.3, 0.4) is 0 Å². The van der Waals surface area contributed by atoms with E-state index in [9.17, 15) is 4.79 Å². The predicted molar refractivity (Wildman–Crippen MR) is 121 cm³/mol. The Hall–Kier alpha value is -2.36. The molecule has 1 aliphatic heterocycles. The number of hydrogen-bond donors (Lipinski definition) is 1. The van der Waals surface area contributed by atoms with Crippen molar-refractivity contribution in [3.63, 3.8) is 0 Å². The molecule has 1 aromatic carbocycles. The second-order valence-corrected chi connectivity index (χ2v) is 9.36.